The van der Waals surface area contributed by atoms with Crippen molar-refractivity contribution in [2.45, 2.75) is 24.2 Å². The molecular weight excluding hydrogens is 324 g/mol. The third-order valence-corrected chi connectivity index (χ3v) is 7.14. The van der Waals surface area contributed by atoms with Crippen LogP contribution in [0.1, 0.15) is 19.3 Å². The molecule has 2 fully saturated rings. The van der Waals surface area contributed by atoms with E-state index in [4.69, 9.17) is 4.74 Å². The summed E-state index contributed by atoms with van der Waals surface area (Å²) in [6.45, 7) is 2.14. The number of hydrogen-bond donors (Lipinski definition) is 0. The number of nitrogens with zero attached hydrogens (tertiary/aromatic N) is 2. The maximum Gasteiger partial charge on any atom is 0.243 e. The second kappa shape index (κ2) is 6.43. The standard InChI is InChI=1S/C18H22N2O3S/c21-24(22,17-6-7-18-15(11-17)5-2-8-19-18)20-9-10-23-13-16(12-20)14-3-1-4-14/h2,5-8,11,14,16H,1,3-4,9-10,12-13H2. The lowest BCUT2D eigenvalue weighted by Gasteiger charge is -2.34. The van der Waals surface area contributed by atoms with Crippen molar-refractivity contribution in [1.29, 1.82) is 0 Å². The molecule has 6 heteroatoms. The van der Waals surface area contributed by atoms with Gasteiger partial charge in [-0.15, -0.1) is 0 Å². The maximum atomic E-state index is 13.1. The highest BCUT2D eigenvalue weighted by Gasteiger charge is 2.35. The highest BCUT2D eigenvalue weighted by atomic mass is 32.2. The first kappa shape index (κ1) is 16.0. The third kappa shape index (κ3) is 2.94. The highest BCUT2D eigenvalue weighted by Crippen LogP contribution is 2.35. The lowest BCUT2D eigenvalue weighted by atomic mass is 9.76. The van der Waals surface area contributed by atoms with Crippen molar-refractivity contribution in [2.24, 2.45) is 11.8 Å². The van der Waals surface area contributed by atoms with Crippen LogP contribution in [0.5, 0.6) is 0 Å². The Bertz CT molecular complexity index is 833. The van der Waals surface area contributed by atoms with Gasteiger partial charge in [0, 0.05) is 24.7 Å². The van der Waals surface area contributed by atoms with Gasteiger partial charge in [-0.3, -0.25) is 4.98 Å². The fraction of sp³-hybridized carbons (Fsp3) is 0.500. The molecule has 2 aromatic rings. The van der Waals surface area contributed by atoms with E-state index in [1.165, 1.54) is 19.3 Å². The second-order valence-electron chi connectivity index (χ2n) is 6.75. The Kier molecular flexibility index (Phi) is 4.28. The molecule has 1 atom stereocenters. The van der Waals surface area contributed by atoms with E-state index < -0.39 is 10.0 Å². The smallest absolute Gasteiger partial charge is 0.243 e. The minimum Gasteiger partial charge on any atom is -0.380 e. The molecule has 2 aliphatic rings. The number of pyridine rings is 1. The Morgan fingerprint density at radius 3 is 2.83 bits per heavy atom. The predicted molar refractivity (Wildman–Crippen MR) is 92.2 cm³/mol. The first-order valence-corrected chi connectivity index (χ1v) is 10.0. The minimum absolute atomic E-state index is 0.318. The molecule has 1 saturated heterocycles. The summed E-state index contributed by atoms with van der Waals surface area (Å²) in [4.78, 5) is 4.60. The first-order chi connectivity index (χ1) is 11.6. The second-order valence-corrected chi connectivity index (χ2v) is 8.68. The lowest BCUT2D eigenvalue weighted by molar-refractivity contribution is 0.0779. The SMILES string of the molecule is O=S(=O)(c1ccc2ncccc2c1)N1CCOCC(C2CCC2)C1. The number of rotatable bonds is 3. The minimum atomic E-state index is -3.50. The van der Waals surface area contributed by atoms with Gasteiger partial charge in [0.2, 0.25) is 10.0 Å². The summed E-state index contributed by atoms with van der Waals surface area (Å²) >= 11 is 0. The van der Waals surface area contributed by atoms with Crippen LogP contribution in [0.15, 0.2) is 41.4 Å². The Balaban J connectivity index is 1.63. The lowest BCUT2D eigenvalue weighted by Crippen LogP contribution is -2.39. The van der Waals surface area contributed by atoms with Crippen LogP contribution in [0.25, 0.3) is 10.9 Å². The van der Waals surface area contributed by atoms with Crippen molar-refractivity contribution >= 4 is 20.9 Å². The molecule has 1 aliphatic heterocycles. The van der Waals surface area contributed by atoms with Crippen LogP contribution in [0.2, 0.25) is 0 Å². The first-order valence-electron chi connectivity index (χ1n) is 8.57. The summed E-state index contributed by atoms with van der Waals surface area (Å²) in [5.74, 6) is 0.930. The normalized spacial score (nSPS) is 23.8. The quantitative estimate of drug-likeness (QED) is 0.857. The van der Waals surface area contributed by atoms with Crippen LogP contribution < -0.4 is 0 Å². The molecule has 24 heavy (non-hydrogen) atoms. The van der Waals surface area contributed by atoms with Gasteiger partial charge in [0.1, 0.15) is 0 Å². The van der Waals surface area contributed by atoms with E-state index in [2.05, 4.69) is 4.98 Å². The fourth-order valence-electron chi connectivity index (χ4n) is 3.58. The van der Waals surface area contributed by atoms with Crippen molar-refractivity contribution < 1.29 is 13.2 Å². The number of hydrogen-bond acceptors (Lipinski definition) is 4. The molecule has 1 unspecified atom stereocenters. The van der Waals surface area contributed by atoms with Crippen molar-refractivity contribution in [1.82, 2.24) is 9.29 Å². The molecular formula is C18H22N2O3S. The summed E-state index contributed by atoms with van der Waals surface area (Å²) in [5.41, 5.74) is 0.808. The van der Waals surface area contributed by atoms with E-state index in [1.807, 2.05) is 12.1 Å². The van der Waals surface area contributed by atoms with Gasteiger partial charge in [-0.1, -0.05) is 25.3 Å². The van der Waals surface area contributed by atoms with Crippen LogP contribution in [-0.4, -0.2) is 44.0 Å². The molecule has 1 aromatic heterocycles. The number of benzene rings is 1. The van der Waals surface area contributed by atoms with Crippen molar-refractivity contribution in [3.05, 3.63) is 36.5 Å². The van der Waals surface area contributed by atoms with Gasteiger partial charge in [-0.2, -0.15) is 4.31 Å². The Morgan fingerprint density at radius 1 is 1.17 bits per heavy atom. The molecule has 4 rings (SSSR count). The van der Waals surface area contributed by atoms with E-state index >= 15 is 0 Å². The molecule has 0 amide bonds. The highest BCUT2D eigenvalue weighted by molar-refractivity contribution is 7.89. The summed E-state index contributed by atoms with van der Waals surface area (Å²) < 4.78 is 33.5. The molecule has 0 spiro atoms. The molecule has 0 bridgehead atoms. The zero-order valence-electron chi connectivity index (χ0n) is 13.6. The van der Waals surface area contributed by atoms with Crippen molar-refractivity contribution in [3.63, 3.8) is 0 Å². The maximum absolute atomic E-state index is 13.1. The number of ether oxygens (including phenoxy) is 1. The molecule has 0 N–H and O–H groups in total. The molecule has 2 heterocycles. The van der Waals surface area contributed by atoms with E-state index in [0.29, 0.717) is 43.0 Å². The average Bonchev–Trinajstić information content (AvgIpc) is 2.79. The van der Waals surface area contributed by atoms with Gasteiger partial charge in [0.15, 0.2) is 0 Å². The van der Waals surface area contributed by atoms with Crippen LogP contribution in [-0.2, 0) is 14.8 Å². The van der Waals surface area contributed by atoms with Crippen molar-refractivity contribution in [2.75, 3.05) is 26.3 Å². The fourth-order valence-corrected chi connectivity index (χ4v) is 5.10. The zero-order chi connectivity index (χ0) is 16.6. The Morgan fingerprint density at radius 2 is 2.04 bits per heavy atom. The van der Waals surface area contributed by atoms with Gasteiger partial charge >= 0.3 is 0 Å². The Hall–Kier alpha value is -1.50. The van der Waals surface area contributed by atoms with Crippen LogP contribution >= 0.6 is 0 Å². The largest absolute Gasteiger partial charge is 0.380 e. The van der Waals surface area contributed by atoms with Crippen LogP contribution in [0.3, 0.4) is 0 Å². The monoisotopic (exact) mass is 346 g/mol. The van der Waals surface area contributed by atoms with Gasteiger partial charge in [0.25, 0.3) is 0 Å². The average molecular weight is 346 g/mol. The number of fused-ring (bicyclic) bond motifs is 1. The van der Waals surface area contributed by atoms with Gasteiger partial charge in [0.05, 0.1) is 23.6 Å². The van der Waals surface area contributed by atoms with E-state index in [1.54, 1.807) is 28.7 Å². The third-order valence-electron chi connectivity index (χ3n) is 5.28. The molecule has 1 saturated carbocycles. The van der Waals surface area contributed by atoms with Gasteiger partial charge in [-0.05, 0) is 36.1 Å². The van der Waals surface area contributed by atoms with Crippen LogP contribution in [0.4, 0.5) is 0 Å². The van der Waals surface area contributed by atoms with Gasteiger partial charge in [-0.25, -0.2) is 8.42 Å². The zero-order valence-corrected chi connectivity index (χ0v) is 14.4. The number of aromatic nitrogens is 1. The van der Waals surface area contributed by atoms with E-state index in [0.717, 1.165) is 10.9 Å². The molecule has 5 nitrogen and oxygen atoms in total. The summed E-state index contributed by atoms with van der Waals surface area (Å²) in [5, 5.41) is 0.847. The van der Waals surface area contributed by atoms with Gasteiger partial charge < -0.3 is 4.74 Å². The van der Waals surface area contributed by atoms with E-state index in [-0.39, 0.29) is 0 Å². The summed E-state index contributed by atoms with van der Waals surface area (Å²) in [6, 6.07) is 8.88. The van der Waals surface area contributed by atoms with Crippen LogP contribution in [0, 0.1) is 11.8 Å². The molecule has 0 radical (unpaired) electrons. The molecule has 128 valence electrons. The summed E-state index contributed by atoms with van der Waals surface area (Å²) in [7, 11) is -3.50. The summed E-state index contributed by atoms with van der Waals surface area (Å²) in [6.07, 6.45) is 5.37. The predicted octanol–water partition coefficient (Wildman–Crippen LogP) is 2.67. The van der Waals surface area contributed by atoms with Crippen molar-refractivity contribution in [3.8, 4) is 0 Å². The topological polar surface area (TPSA) is 59.5 Å². The Labute approximate surface area is 142 Å². The van der Waals surface area contributed by atoms with E-state index in [9.17, 15) is 8.42 Å². The number of sulfonamides is 1. The molecule has 1 aliphatic carbocycles. The molecule has 1 aromatic carbocycles.